The first-order valence-electron chi connectivity index (χ1n) is 7.57. The fraction of sp³-hybridized carbons (Fsp3) is 0.278. The van der Waals surface area contributed by atoms with Crippen molar-refractivity contribution in [3.05, 3.63) is 63.6 Å². The number of benzene rings is 2. The van der Waals surface area contributed by atoms with Crippen molar-refractivity contribution in [1.82, 2.24) is 4.90 Å². The van der Waals surface area contributed by atoms with Crippen LogP contribution in [0.4, 0.5) is 5.69 Å². The minimum Gasteiger partial charge on any atom is -0.326 e. The van der Waals surface area contributed by atoms with E-state index in [1.807, 2.05) is 6.07 Å². The summed E-state index contributed by atoms with van der Waals surface area (Å²) in [5.41, 5.74) is 3.19. The summed E-state index contributed by atoms with van der Waals surface area (Å²) in [6.45, 7) is 0.956. The Balaban J connectivity index is 1.75. The van der Waals surface area contributed by atoms with Crippen LogP contribution in [0.5, 0.6) is 0 Å². The normalized spacial score (nSPS) is 17.6. The van der Waals surface area contributed by atoms with E-state index in [2.05, 4.69) is 35.5 Å². The van der Waals surface area contributed by atoms with E-state index in [9.17, 15) is 4.79 Å². The molecule has 3 rings (SSSR count). The Kier molecular flexibility index (Phi) is 4.90. The average Bonchev–Trinajstić information content (AvgIpc) is 2.49. The monoisotopic (exact) mass is 348 g/mol. The molecule has 0 fully saturated rings. The molecular weight excluding hydrogens is 331 g/mol. The van der Waals surface area contributed by atoms with Gasteiger partial charge in [-0.15, -0.1) is 0 Å². The van der Waals surface area contributed by atoms with Crippen LogP contribution in [0.1, 0.15) is 23.6 Å². The van der Waals surface area contributed by atoms with Crippen LogP contribution in [0, 0.1) is 0 Å². The fourth-order valence-corrected chi connectivity index (χ4v) is 3.58. The van der Waals surface area contributed by atoms with Crippen LogP contribution in [-0.4, -0.2) is 24.4 Å². The molecule has 3 nitrogen and oxygen atoms in total. The standard InChI is InChI=1S/C18H18Cl2N2O/c1-22-7-6-12-4-2-3-5-16(12)17(22)11-18(23)21-15-9-13(19)8-14(20)10-15/h2-5,8-10,17H,6-7,11H2,1H3,(H,21,23). The molecule has 0 radical (unpaired) electrons. The van der Waals surface area contributed by atoms with Crippen LogP contribution in [-0.2, 0) is 11.2 Å². The molecule has 1 aliphatic rings. The summed E-state index contributed by atoms with van der Waals surface area (Å²) in [4.78, 5) is 14.7. The fourth-order valence-electron chi connectivity index (χ4n) is 3.06. The Morgan fingerprint density at radius 1 is 1.22 bits per heavy atom. The van der Waals surface area contributed by atoms with Crippen molar-refractivity contribution >= 4 is 34.8 Å². The highest BCUT2D eigenvalue weighted by molar-refractivity contribution is 6.35. The molecule has 5 heteroatoms. The predicted octanol–water partition coefficient (Wildman–Crippen LogP) is 4.55. The molecule has 2 aromatic carbocycles. The second kappa shape index (κ2) is 6.91. The van der Waals surface area contributed by atoms with E-state index in [4.69, 9.17) is 23.2 Å². The number of rotatable bonds is 3. The second-order valence-corrected chi connectivity index (χ2v) is 6.73. The topological polar surface area (TPSA) is 32.3 Å². The van der Waals surface area contributed by atoms with Crippen LogP contribution in [0.2, 0.25) is 10.0 Å². The molecular formula is C18H18Cl2N2O. The quantitative estimate of drug-likeness (QED) is 0.882. The number of nitrogens with one attached hydrogen (secondary N) is 1. The molecule has 0 aliphatic carbocycles. The number of hydrogen-bond acceptors (Lipinski definition) is 2. The number of likely N-dealkylation sites (N-methyl/N-ethyl adjacent to an activating group) is 1. The molecule has 1 atom stereocenters. The minimum atomic E-state index is -0.0445. The number of fused-ring (bicyclic) bond motifs is 1. The summed E-state index contributed by atoms with van der Waals surface area (Å²) in [6, 6.07) is 13.5. The van der Waals surface area contributed by atoms with Crippen molar-refractivity contribution in [2.24, 2.45) is 0 Å². The zero-order valence-corrected chi connectivity index (χ0v) is 14.4. The van der Waals surface area contributed by atoms with E-state index in [1.54, 1.807) is 18.2 Å². The van der Waals surface area contributed by atoms with Crippen molar-refractivity contribution in [2.45, 2.75) is 18.9 Å². The first-order valence-corrected chi connectivity index (χ1v) is 8.32. The molecule has 2 aromatic rings. The van der Waals surface area contributed by atoms with Gasteiger partial charge < -0.3 is 5.32 Å². The summed E-state index contributed by atoms with van der Waals surface area (Å²) in [5, 5.41) is 3.90. The van der Waals surface area contributed by atoms with E-state index >= 15 is 0 Å². The highest BCUT2D eigenvalue weighted by atomic mass is 35.5. The molecule has 0 bridgehead atoms. The molecule has 1 amide bonds. The van der Waals surface area contributed by atoms with Crippen LogP contribution < -0.4 is 5.32 Å². The van der Waals surface area contributed by atoms with Crippen molar-refractivity contribution in [1.29, 1.82) is 0 Å². The van der Waals surface area contributed by atoms with Gasteiger partial charge in [0.2, 0.25) is 5.91 Å². The summed E-state index contributed by atoms with van der Waals surface area (Å²) >= 11 is 11.9. The van der Waals surface area contributed by atoms with Crippen molar-refractivity contribution in [2.75, 3.05) is 18.9 Å². The first kappa shape index (κ1) is 16.3. The van der Waals surface area contributed by atoms with Gasteiger partial charge in [0.15, 0.2) is 0 Å². The van der Waals surface area contributed by atoms with Gasteiger partial charge in [0.1, 0.15) is 0 Å². The summed E-state index contributed by atoms with van der Waals surface area (Å²) in [5.74, 6) is -0.0445. The number of anilines is 1. The smallest absolute Gasteiger partial charge is 0.226 e. The van der Waals surface area contributed by atoms with Gasteiger partial charge in [-0.05, 0) is 42.8 Å². The molecule has 1 aliphatic heterocycles. The Morgan fingerprint density at radius 2 is 1.91 bits per heavy atom. The van der Waals surface area contributed by atoms with Gasteiger partial charge in [0, 0.05) is 34.7 Å². The largest absolute Gasteiger partial charge is 0.326 e. The predicted molar refractivity (Wildman–Crippen MR) is 95.2 cm³/mol. The summed E-state index contributed by atoms with van der Waals surface area (Å²) in [7, 11) is 2.06. The van der Waals surface area contributed by atoms with Gasteiger partial charge in [-0.25, -0.2) is 0 Å². The SMILES string of the molecule is CN1CCc2ccccc2C1CC(=O)Nc1cc(Cl)cc(Cl)c1. The number of carbonyl (C=O) groups excluding carboxylic acids is 1. The molecule has 1 heterocycles. The first-order chi connectivity index (χ1) is 11.0. The van der Waals surface area contributed by atoms with E-state index < -0.39 is 0 Å². The Morgan fingerprint density at radius 3 is 2.65 bits per heavy atom. The van der Waals surface area contributed by atoms with Crippen LogP contribution in [0.15, 0.2) is 42.5 Å². The summed E-state index contributed by atoms with van der Waals surface area (Å²) in [6.07, 6.45) is 1.42. The van der Waals surface area contributed by atoms with Crippen molar-refractivity contribution in [3.63, 3.8) is 0 Å². The third kappa shape index (κ3) is 3.86. The lowest BCUT2D eigenvalue weighted by Gasteiger charge is -2.34. The van der Waals surface area contributed by atoms with E-state index in [0.717, 1.165) is 13.0 Å². The third-order valence-corrected chi connectivity index (χ3v) is 4.64. The van der Waals surface area contributed by atoms with Crippen molar-refractivity contribution < 1.29 is 4.79 Å². The van der Waals surface area contributed by atoms with Gasteiger partial charge in [0.05, 0.1) is 0 Å². The molecule has 120 valence electrons. The van der Waals surface area contributed by atoms with E-state index in [1.165, 1.54) is 11.1 Å². The highest BCUT2D eigenvalue weighted by Gasteiger charge is 2.26. The highest BCUT2D eigenvalue weighted by Crippen LogP contribution is 2.31. The number of hydrogen-bond donors (Lipinski definition) is 1. The zero-order chi connectivity index (χ0) is 16.4. The lowest BCUT2D eigenvalue weighted by Crippen LogP contribution is -2.34. The van der Waals surface area contributed by atoms with Crippen LogP contribution >= 0.6 is 23.2 Å². The number of halogens is 2. The van der Waals surface area contributed by atoms with Gasteiger partial charge in [-0.3, -0.25) is 9.69 Å². The molecule has 0 saturated heterocycles. The van der Waals surface area contributed by atoms with E-state index in [0.29, 0.717) is 22.2 Å². The minimum absolute atomic E-state index is 0.0445. The third-order valence-electron chi connectivity index (χ3n) is 4.21. The lowest BCUT2D eigenvalue weighted by atomic mass is 9.91. The maximum absolute atomic E-state index is 12.4. The molecule has 0 saturated carbocycles. The van der Waals surface area contributed by atoms with Gasteiger partial charge >= 0.3 is 0 Å². The molecule has 1 N–H and O–H groups in total. The molecule has 0 aromatic heterocycles. The number of amides is 1. The van der Waals surface area contributed by atoms with Crippen molar-refractivity contribution in [3.8, 4) is 0 Å². The van der Waals surface area contributed by atoms with Crippen LogP contribution in [0.3, 0.4) is 0 Å². The maximum Gasteiger partial charge on any atom is 0.226 e. The van der Waals surface area contributed by atoms with Gasteiger partial charge in [0.25, 0.3) is 0 Å². The van der Waals surface area contributed by atoms with Crippen LogP contribution in [0.25, 0.3) is 0 Å². The zero-order valence-electron chi connectivity index (χ0n) is 12.9. The summed E-state index contributed by atoms with van der Waals surface area (Å²) < 4.78 is 0. The Hall–Kier alpha value is -1.55. The van der Waals surface area contributed by atoms with Gasteiger partial charge in [-0.2, -0.15) is 0 Å². The molecule has 1 unspecified atom stereocenters. The van der Waals surface area contributed by atoms with Gasteiger partial charge in [-0.1, -0.05) is 47.5 Å². The molecule has 0 spiro atoms. The Bertz CT molecular complexity index is 712. The average molecular weight is 349 g/mol. The Labute approximate surface area is 146 Å². The number of nitrogens with zero attached hydrogens (tertiary/aromatic N) is 1. The second-order valence-electron chi connectivity index (χ2n) is 5.86. The lowest BCUT2D eigenvalue weighted by molar-refractivity contribution is -0.117. The maximum atomic E-state index is 12.4. The van der Waals surface area contributed by atoms with E-state index in [-0.39, 0.29) is 11.9 Å². The number of carbonyl (C=O) groups is 1. The molecule has 23 heavy (non-hydrogen) atoms.